The van der Waals surface area contributed by atoms with Crippen molar-refractivity contribution in [1.29, 1.82) is 0 Å². The molecule has 0 N–H and O–H groups in total. The van der Waals surface area contributed by atoms with Crippen LogP contribution in [0.25, 0.3) is 0 Å². The van der Waals surface area contributed by atoms with Crippen molar-refractivity contribution in [2.24, 2.45) is 0 Å². The van der Waals surface area contributed by atoms with Gasteiger partial charge in [-0.3, -0.25) is 0 Å². The van der Waals surface area contributed by atoms with Gasteiger partial charge in [0.15, 0.2) is 0 Å². The van der Waals surface area contributed by atoms with Crippen molar-refractivity contribution in [3.05, 3.63) is 23.8 Å². The average molecular weight is 202 g/mol. The van der Waals surface area contributed by atoms with Crippen molar-refractivity contribution in [2.75, 3.05) is 7.11 Å². The Kier molecular flexibility index (Phi) is 4.99. The van der Waals surface area contributed by atoms with Gasteiger partial charge in [0.25, 0.3) is 0 Å². The molecule has 0 aliphatic heterocycles. The molecule has 0 atom stereocenters. The van der Waals surface area contributed by atoms with Crippen LogP contribution in [0, 0.1) is 0 Å². The van der Waals surface area contributed by atoms with E-state index < -0.39 is 0 Å². The maximum atomic E-state index is 11.7. The number of rotatable bonds is 1. The summed E-state index contributed by atoms with van der Waals surface area (Å²) in [5.74, 6) is 0.421. The van der Waals surface area contributed by atoms with Crippen LogP contribution in [0.4, 0.5) is 0 Å². The van der Waals surface area contributed by atoms with Gasteiger partial charge >= 0.3 is 29.6 Å². The number of hydrogen-bond donors (Lipinski definition) is 0. The predicted octanol–water partition coefficient (Wildman–Crippen LogP) is -0.930. The summed E-state index contributed by atoms with van der Waals surface area (Å²) >= 11 is 0. The Hall–Kier alpha value is -0.180. The number of ether oxygens (including phenoxy) is 1. The third kappa shape index (κ3) is 2.91. The minimum Gasteiger partial charge on any atom is -0.870 e. The Morgan fingerprint density at radius 2 is 1.79 bits per heavy atom. The van der Waals surface area contributed by atoms with Crippen LogP contribution in [0.15, 0.2) is 18.2 Å². The first-order valence-corrected chi connectivity index (χ1v) is 4.31. The Morgan fingerprint density at radius 1 is 1.21 bits per heavy atom. The zero-order valence-corrected chi connectivity index (χ0v) is 11.5. The molecule has 0 saturated heterocycles. The zero-order chi connectivity index (χ0) is 10.1. The Balaban J connectivity index is 0.00000169. The number of methoxy groups -OCH3 is 1. The maximum absolute atomic E-state index is 11.7. The van der Waals surface area contributed by atoms with Crippen LogP contribution < -0.4 is 39.4 Å². The molecule has 0 amide bonds. The second kappa shape index (κ2) is 5.06. The largest absolute Gasteiger partial charge is 1.00 e. The Labute approximate surface area is 108 Å². The summed E-state index contributed by atoms with van der Waals surface area (Å²) < 4.78 is 4.97. The fourth-order valence-electron chi connectivity index (χ4n) is 1.27. The molecule has 1 rings (SSSR count). The molecular formula is C11H15NaO2. The monoisotopic (exact) mass is 202 g/mol. The standard InChI is InChI=1S/C11H16O2.Na/c1-11(2,3)8-6-5-7-9(13-4)10(8)12;/h5-7,12H,1-4H3;/q;+1/p-1. The van der Waals surface area contributed by atoms with E-state index in [1.54, 1.807) is 6.07 Å². The summed E-state index contributed by atoms with van der Waals surface area (Å²) in [7, 11) is 1.52. The molecular weight excluding hydrogens is 187 g/mol. The summed E-state index contributed by atoms with van der Waals surface area (Å²) in [6.07, 6.45) is 0. The third-order valence-electron chi connectivity index (χ3n) is 2.01. The van der Waals surface area contributed by atoms with E-state index in [4.69, 9.17) is 4.74 Å². The first-order chi connectivity index (χ1) is 5.96. The first kappa shape index (κ1) is 13.8. The van der Waals surface area contributed by atoms with E-state index in [0.29, 0.717) is 5.75 Å². The molecule has 0 aliphatic carbocycles. The molecule has 72 valence electrons. The molecule has 0 heterocycles. The molecule has 14 heavy (non-hydrogen) atoms. The van der Waals surface area contributed by atoms with Crippen LogP contribution in [-0.4, -0.2) is 7.11 Å². The van der Waals surface area contributed by atoms with Gasteiger partial charge in [0.05, 0.1) is 7.11 Å². The molecule has 0 fully saturated rings. The number of para-hydroxylation sites is 1. The van der Waals surface area contributed by atoms with E-state index in [1.165, 1.54) is 7.11 Å². The predicted molar refractivity (Wildman–Crippen MR) is 51.1 cm³/mol. The van der Waals surface area contributed by atoms with Gasteiger partial charge in [-0.25, -0.2) is 0 Å². The van der Waals surface area contributed by atoms with Crippen LogP contribution in [0.3, 0.4) is 0 Å². The van der Waals surface area contributed by atoms with Crippen molar-refractivity contribution in [3.8, 4) is 11.5 Å². The molecule has 3 heteroatoms. The van der Waals surface area contributed by atoms with E-state index in [9.17, 15) is 5.11 Å². The Bertz CT molecular complexity index is 303. The molecule has 0 unspecified atom stereocenters. The number of benzene rings is 1. The molecule has 1 aromatic rings. The third-order valence-corrected chi connectivity index (χ3v) is 2.01. The Morgan fingerprint density at radius 3 is 2.21 bits per heavy atom. The van der Waals surface area contributed by atoms with Gasteiger partial charge in [0.2, 0.25) is 0 Å². The van der Waals surface area contributed by atoms with Crippen molar-refractivity contribution < 1.29 is 39.4 Å². The summed E-state index contributed by atoms with van der Waals surface area (Å²) in [4.78, 5) is 0. The molecule has 1 aromatic carbocycles. The minimum absolute atomic E-state index is 0. The smallest absolute Gasteiger partial charge is 0.870 e. The molecule has 2 nitrogen and oxygen atoms in total. The topological polar surface area (TPSA) is 32.3 Å². The van der Waals surface area contributed by atoms with Crippen LogP contribution in [0.2, 0.25) is 0 Å². The van der Waals surface area contributed by atoms with Crippen LogP contribution >= 0.6 is 0 Å². The second-order valence-electron chi connectivity index (χ2n) is 4.09. The minimum atomic E-state index is -0.119. The normalized spacial score (nSPS) is 10.6. The molecule has 0 spiro atoms. The molecule has 0 bridgehead atoms. The fraction of sp³-hybridized carbons (Fsp3) is 0.455. The summed E-state index contributed by atoms with van der Waals surface area (Å²) in [5.41, 5.74) is 0.679. The van der Waals surface area contributed by atoms with E-state index >= 15 is 0 Å². The van der Waals surface area contributed by atoms with Crippen LogP contribution in [0.1, 0.15) is 26.3 Å². The van der Waals surface area contributed by atoms with Gasteiger partial charge < -0.3 is 9.84 Å². The van der Waals surface area contributed by atoms with Crippen molar-refractivity contribution in [2.45, 2.75) is 26.2 Å². The first-order valence-electron chi connectivity index (χ1n) is 4.31. The van der Waals surface area contributed by atoms with E-state index in [0.717, 1.165) is 5.56 Å². The van der Waals surface area contributed by atoms with E-state index in [1.807, 2.05) is 32.9 Å². The van der Waals surface area contributed by atoms with Gasteiger partial charge in [-0.15, -0.1) is 0 Å². The summed E-state index contributed by atoms with van der Waals surface area (Å²) in [6, 6.07) is 5.39. The molecule has 0 aromatic heterocycles. The SMILES string of the molecule is COc1cccc(C(C)(C)C)c1[O-].[Na+]. The maximum Gasteiger partial charge on any atom is 1.00 e. The van der Waals surface area contributed by atoms with E-state index in [-0.39, 0.29) is 40.7 Å². The van der Waals surface area contributed by atoms with Crippen molar-refractivity contribution in [1.82, 2.24) is 0 Å². The van der Waals surface area contributed by atoms with Gasteiger partial charge in [-0.1, -0.05) is 38.7 Å². The van der Waals surface area contributed by atoms with Gasteiger partial charge in [0.1, 0.15) is 5.75 Å². The quantitative estimate of drug-likeness (QED) is 0.551. The van der Waals surface area contributed by atoms with Gasteiger partial charge in [0, 0.05) is 0 Å². The second-order valence-corrected chi connectivity index (χ2v) is 4.09. The van der Waals surface area contributed by atoms with Crippen LogP contribution in [0.5, 0.6) is 11.5 Å². The zero-order valence-electron chi connectivity index (χ0n) is 9.55. The summed E-state index contributed by atoms with van der Waals surface area (Å²) in [5, 5.41) is 11.7. The van der Waals surface area contributed by atoms with Crippen molar-refractivity contribution >= 4 is 0 Å². The number of hydrogen-bond acceptors (Lipinski definition) is 2. The molecule has 0 saturated carbocycles. The summed E-state index contributed by atoms with van der Waals surface area (Å²) in [6.45, 7) is 6.05. The van der Waals surface area contributed by atoms with Crippen LogP contribution in [-0.2, 0) is 5.41 Å². The van der Waals surface area contributed by atoms with Gasteiger partial charge in [-0.2, -0.15) is 0 Å². The fourth-order valence-corrected chi connectivity index (χ4v) is 1.27. The van der Waals surface area contributed by atoms with E-state index in [2.05, 4.69) is 0 Å². The molecule has 0 radical (unpaired) electrons. The van der Waals surface area contributed by atoms with Crippen molar-refractivity contribution in [3.63, 3.8) is 0 Å². The average Bonchev–Trinajstić information content (AvgIpc) is 2.02. The van der Waals surface area contributed by atoms with Gasteiger partial charge in [-0.05, 0) is 17.0 Å². The molecule has 0 aliphatic rings.